The summed E-state index contributed by atoms with van der Waals surface area (Å²) in [7, 11) is 0. The van der Waals surface area contributed by atoms with Gasteiger partial charge in [-0.1, -0.05) is 17.7 Å². The van der Waals surface area contributed by atoms with Crippen LogP contribution in [0.4, 0.5) is 5.82 Å². The van der Waals surface area contributed by atoms with Crippen LogP contribution in [0.1, 0.15) is 10.4 Å². The first-order chi connectivity index (χ1) is 13.7. The van der Waals surface area contributed by atoms with Gasteiger partial charge in [0.25, 0.3) is 0 Å². The van der Waals surface area contributed by atoms with E-state index in [4.69, 9.17) is 21.1 Å². The smallest absolute Gasteiger partial charge is 0.231 e. The van der Waals surface area contributed by atoms with Crippen LogP contribution >= 0.6 is 22.9 Å². The third kappa shape index (κ3) is 3.00. The van der Waals surface area contributed by atoms with Crippen molar-refractivity contribution in [2.45, 2.75) is 13.5 Å². The molecular weight excluding hydrogens is 398 g/mol. The summed E-state index contributed by atoms with van der Waals surface area (Å²) in [6.45, 7) is 2.77. The quantitative estimate of drug-likeness (QED) is 0.531. The Labute approximate surface area is 169 Å². The number of rotatable bonds is 4. The minimum atomic E-state index is 0.254. The lowest BCUT2D eigenvalue weighted by molar-refractivity contribution is 0.174. The number of hydrogen-bond acceptors (Lipinski definition) is 8. The summed E-state index contributed by atoms with van der Waals surface area (Å²) in [4.78, 5) is 19.5. The van der Waals surface area contributed by atoms with Gasteiger partial charge in [0.15, 0.2) is 17.3 Å². The van der Waals surface area contributed by atoms with Crippen molar-refractivity contribution in [3.05, 3.63) is 52.3 Å². The normalized spacial score (nSPS) is 12.5. The first kappa shape index (κ1) is 17.2. The fraction of sp³-hybridized carbons (Fsp3) is 0.158. The van der Waals surface area contributed by atoms with Crippen molar-refractivity contribution in [1.82, 2.24) is 19.9 Å². The third-order valence-corrected chi connectivity index (χ3v) is 5.93. The highest BCUT2D eigenvalue weighted by atomic mass is 35.5. The molecule has 28 heavy (non-hydrogen) atoms. The second-order valence-corrected chi connectivity index (χ2v) is 7.76. The first-order valence-corrected chi connectivity index (χ1v) is 9.74. The Morgan fingerprint density at radius 3 is 2.93 bits per heavy atom. The Bertz CT molecular complexity index is 1180. The molecule has 4 aromatic rings. The molecule has 1 aliphatic rings. The summed E-state index contributed by atoms with van der Waals surface area (Å²) in [5.74, 6) is 2.68. The number of aromatic nitrogens is 4. The average molecular weight is 412 g/mol. The van der Waals surface area contributed by atoms with E-state index in [1.807, 2.05) is 25.1 Å². The number of thiophene rings is 1. The van der Waals surface area contributed by atoms with E-state index in [-0.39, 0.29) is 6.79 Å². The maximum absolute atomic E-state index is 6.53. The SMILES string of the molecule is Cc1sc2nc(-c3cnccn3)nc(NCc3ccc4c(c3)OCO4)c2c1Cl. The van der Waals surface area contributed by atoms with Gasteiger partial charge in [-0.3, -0.25) is 4.98 Å². The molecule has 3 aromatic heterocycles. The predicted octanol–water partition coefficient (Wildman–Crippen LogP) is 4.45. The van der Waals surface area contributed by atoms with E-state index >= 15 is 0 Å². The van der Waals surface area contributed by atoms with Gasteiger partial charge in [-0.2, -0.15) is 0 Å². The fourth-order valence-corrected chi connectivity index (χ4v) is 4.24. The summed E-state index contributed by atoms with van der Waals surface area (Å²) in [5.41, 5.74) is 1.65. The monoisotopic (exact) mass is 411 g/mol. The van der Waals surface area contributed by atoms with Crippen LogP contribution < -0.4 is 14.8 Å². The number of aryl methyl sites for hydroxylation is 1. The van der Waals surface area contributed by atoms with Crippen LogP contribution in [0.15, 0.2) is 36.8 Å². The van der Waals surface area contributed by atoms with Crippen LogP contribution in [0.2, 0.25) is 5.02 Å². The zero-order valence-electron chi connectivity index (χ0n) is 14.8. The molecule has 0 aliphatic carbocycles. The number of nitrogens with zero attached hydrogens (tertiary/aromatic N) is 4. The molecule has 0 saturated carbocycles. The zero-order chi connectivity index (χ0) is 19.1. The Kier molecular flexibility index (Phi) is 4.22. The molecule has 1 aliphatic heterocycles. The number of ether oxygens (including phenoxy) is 2. The van der Waals surface area contributed by atoms with Crippen LogP contribution in [0.5, 0.6) is 11.5 Å². The molecule has 0 fully saturated rings. The lowest BCUT2D eigenvalue weighted by Gasteiger charge is -2.10. The summed E-state index contributed by atoms with van der Waals surface area (Å²) in [6, 6.07) is 5.85. The topological polar surface area (TPSA) is 82.1 Å². The second-order valence-electron chi connectivity index (χ2n) is 6.18. The molecule has 0 spiro atoms. The molecular formula is C19H14ClN5O2S. The zero-order valence-corrected chi connectivity index (χ0v) is 16.3. The van der Waals surface area contributed by atoms with E-state index in [1.165, 1.54) is 11.3 Å². The molecule has 1 aromatic carbocycles. The van der Waals surface area contributed by atoms with Crippen LogP contribution in [-0.4, -0.2) is 26.7 Å². The molecule has 0 radical (unpaired) electrons. The van der Waals surface area contributed by atoms with Crippen molar-refractivity contribution in [3.63, 3.8) is 0 Å². The van der Waals surface area contributed by atoms with E-state index in [9.17, 15) is 0 Å². The number of fused-ring (bicyclic) bond motifs is 2. The largest absolute Gasteiger partial charge is 0.454 e. The van der Waals surface area contributed by atoms with Gasteiger partial charge in [0, 0.05) is 23.8 Å². The summed E-state index contributed by atoms with van der Waals surface area (Å²) in [6.07, 6.45) is 4.88. The molecule has 0 unspecified atom stereocenters. The lowest BCUT2D eigenvalue weighted by atomic mass is 10.2. The van der Waals surface area contributed by atoms with Crippen molar-refractivity contribution < 1.29 is 9.47 Å². The highest BCUT2D eigenvalue weighted by molar-refractivity contribution is 7.19. The fourth-order valence-electron chi connectivity index (χ4n) is 2.97. The van der Waals surface area contributed by atoms with E-state index < -0.39 is 0 Å². The Balaban J connectivity index is 1.53. The minimum Gasteiger partial charge on any atom is -0.454 e. The third-order valence-electron chi connectivity index (χ3n) is 4.34. The van der Waals surface area contributed by atoms with Gasteiger partial charge in [-0.05, 0) is 24.6 Å². The van der Waals surface area contributed by atoms with Crippen molar-refractivity contribution in [2.24, 2.45) is 0 Å². The number of benzene rings is 1. The van der Waals surface area contributed by atoms with Crippen molar-refractivity contribution in [2.75, 3.05) is 12.1 Å². The van der Waals surface area contributed by atoms with Gasteiger partial charge in [0.1, 0.15) is 16.3 Å². The molecule has 1 N–H and O–H groups in total. The molecule has 4 heterocycles. The average Bonchev–Trinajstić information content (AvgIpc) is 3.30. The maximum atomic E-state index is 6.53. The first-order valence-electron chi connectivity index (χ1n) is 8.54. The Morgan fingerprint density at radius 1 is 1.18 bits per heavy atom. The molecule has 140 valence electrons. The highest BCUT2D eigenvalue weighted by Gasteiger charge is 2.18. The van der Waals surface area contributed by atoms with E-state index in [2.05, 4.69) is 25.3 Å². The number of anilines is 1. The standard InChI is InChI=1S/C19H14ClN5O2S/c1-10-16(20)15-18(23-7-11-2-3-13-14(6-11)27-9-26-13)24-17(25-19(15)28-10)12-8-21-4-5-22-12/h2-6,8H,7,9H2,1H3,(H,23,24,25). The molecule has 0 amide bonds. The van der Waals surface area contributed by atoms with Crippen LogP contribution in [-0.2, 0) is 6.54 Å². The molecule has 9 heteroatoms. The lowest BCUT2D eigenvalue weighted by Crippen LogP contribution is -2.04. The predicted molar refractivity (Wildman–Crippen MR) is 108 cm³/mol. The van der Waals surface area contributed by atoms with Gasteiger partial charge < -0.3 is 14.8 Å². The molecule has 0 bridgehead atoms. The van der Waals surface area contributed by atoms with Gasteiger partial charge in [-0.15, -0.1) is 11.3 Å². The van der Waals surface area contributed by atoms with Crippen LogP contribution in [0.25, 0.3) is 21.7 Å². The van der Waals surface area contributed by atoms with E-state index in [0.717, 1.165) is 32.2 Å². The molecule has 0 saturated heterocycles. The van der Waals surface area contributed by atoms with Gasteiger partial charge >= 0.3 is 0 Å². The molecule has 7 nitrogen and oxygen atoms in total. The van der Waals surface area contributed by atoms with Crippen molar-refractivity contribution in [1.29, 1.82) is 0 Å². The maximum Gasteiger partial charge on any atom is 0.231 e. The highest BCUT2D eigenvalue weighted by Crippen LogP contribution is 2.39. The Hall–Kier alpha value is -2.97. The Morgan fingerprint density at radius 2 is 2.07 bits per heavy atom. The second kappa shape index (κ2) is 6.88. The number of hydrogen-bond donors (Lipinski definition) is 1. The van der Waals surface area contributed by atoms with E-state index in [1.54, 1.807) is 18.6 Å². The van der Waals surface area contributed by atoms with Gasteiger partial charge in [0.2, 0.25) is 6.79 Å². The summed E-state index contributed by atoms with van der Waals surface area (Å²) in [5, 5.41) is 4.87. The summed E-state index contributed by atoms with van der Waals surface area (Å²) < 4.78 is 10.8. The molecule has 5 rings (SSSR count). The number of halogens is 1. The van der Waals surface area contributed by atoms with Crippen molar-refractivity contribution in [3.8, 4) is 23.0 Å². The van der Waals surface area contributed by atoms with Gasteiger partial charge in [0.05, 0.1) is 16.6 Å². The van der Waals surface area contributed by atoms with Gasteiger partial charge in [-0.25, -0.2) is 15.0 Å². The summed E-state index contributed by atoms with van der Waals surface area (Å²) >= 11 is 8.06. The molecule has 0 atom stereocenters. The minimum absolute atomic E-state index is 0.254. The van der Waals surface area contributed by atoms with Crippen molar-refractivity contribution >= 4 is 39.0 Å². The van der Waals surface area contributed by atoms with Crippen LogP contribution in [0.3, 0.4) is 0 Å². The number of nitrogens with one attached hydrogen (secondary N) is 1. The van der Waals surface area contributed by atoms with Crippen LogP contribution in [0, 0.1) is 6.92 Å². The van der Waals surface area contributed by atoms with E-state index in [0.29, 0.717) is 28.9 Å².